The summed E-state index contributed by atoms with van der Waals surface area (Å²) < 4.78 is 74.1. The molecule has 1 unspecified atom stereocenters. The van der Waals surface area contributed by atoms with E-state index in [0.717, 1.165) is 0 Å². The molecule has 0 spiro atoms. The van der Waals surface area contributed by atoms with Crippen molar-refractivity contribution in [1.29, 1.82) is 0 Å². The maximum atomic E-state index is 12.9. The molecule has 0 radical (unpaired) electrons. The molecule has 1 aromatic carbocycles. The number of aliphatic hydroxyl groups excluding tert-OH is 1. The monoisotopic (exact) mass is 244 g/mol. The van der Waals surface area contributed by atoms with Gasteiger partial charge in [-0.15, -0.1) is 0 Å². The molecule has 1 nitrogen and oxygen atoms in total. The Bertz CT molecular complexity index is 386. The van der Waals surface area contributed by atoms with Gasteiger partial charge in [0, 0.05) is 12.0 Å². The molecule has 7 heteroatoms. The highest BCUT2D eigenvalue weighted by molar-refractivity contribution is 5.22. The fraction of sp³-hybridized carbons (Fsp3) is 0.333. The molecule has 16 heavy (non-hydrogen) atoms. The maximum absolute atomic E-state index is 12.9. The third kappa shape index (κ3) is 2.66. The summed E-state index contributed by atoms with van der Waals surface area (Å²) >= 11 is 0. The van der Waals surface area contributed by atoms with Gasteiger partial charge in [-0.3, -0.25) is 0 Å². The Morgan fingerprint density at radius 1 is 1.06 bits per heavy atom. The highest BCUT2D eigenvalue weighted by Crippen LogP contribution is 2.25. The van der Waals surface area contributed by atoms with Crippen molar-refractivity contribution in [1.82, 2.24) is 0 Å². The molecule has 0 aromatic heterocycles. The highest BCUT2D eigenvalue weighted by atomic mass is 19.4. The van der Waals surface area contributed by atoms with Crippen molar-refractivity contribution in [2.24, 2.45) is 0 Å². The summed E-state index contributed by atoms with van der Waals surface area (Å²) in [5, 5.41) is 8.60. The molecule has 0 fully saturated rings. The summed E-state index contributed by atoms with van der Waals surface area (Å²) in [4.78, 5) is 0. The average Bonchev–Trinajstić information content (AvgIpc) is 2.17. The van der Waals surface area contributed by atoms with Crippen LogP contribution in [-0.2, 0) is 6.42 Å². The molecule has 1 rings (SSSR count). The zero-order valence-corrected chi connectivity index (χ0v) is 7.65. The zero-order chi connectivity index (χ0) is 12.5. The minimum absolute atomic E-state index is 0.453. The summed E-state index contributed by atoms with van der Waals surface area (Å²) in [6.45, 7) is 0. The largest absolute Gasteiger partial charge is 0.414 e. The molecule has 0 saturated carbocycles. The van der Waals surface area contributed by atoms with E-state index in [1.807, 2.05) is 0 Å². The smallest absolute Gasteiger partial charge is 0.383 e. The van der Waals surface area contributed by atoms with Gasteiger partial charge in [0.05, 0.1) is 0 Å². The number of hydrogen-bond donors (Lipinski definition) is 1. The van der Waals surface area contributed by atoms with Gasteiger partial charge in [0.1, 0.15) is 5.82 Å². The molecule has 0 amide bonds. The van der Waals surface area contributed by atoms with E-state index in [2.05, 4.69) is 0 Å². The van der Waals surface area contributed by atoms with E-state index in [1.165, 1.54) is 0 Å². The van der Waals surface area contributed by atoms with Crippen LogP contribution in [0.1, 0.15) is 5.56 Å². The SMILES string of the molecule is OC(Cc1c(F)ccc(F)c1F)C(F)(F)F. The fourth-order valence-electron chi connectivity index (χ4n) is 1.07. The van der Waals surface area contributed by atoms with Gasteiger partial charge in [-0.25, -0.2) is 13.2 Å². The highest BCUT2D eigenvalue weighted by Gasteiger charge is 2.39. The first-order chi connectivity index (χ1) is 7.23. The molecule has 0 aliphatic heterocycles. The number of alkyl halides is 3. The Kier molecular flexibility index (Phi) is 3.47. The quantitative estimate of drug-likeness (QED) is 0.626. The number of aliphatic hydroxyl groups is 1. The van der Waals surface area contributed by atoms with Gasteiger partial charge in [-0.05, 0) is 12.1 Å². The number of rotatable bonds is 2. The molecule has 0 aliphatic rings. The second kappa shape index (κ2) is 4.32. The van der Waals surface area contributed by atoms with Crippen molar-refractivity contribution in [3.63, 3.8) is 0 Å². The topological polar surface area (TPSA) is 20.2 Å². The number of benzene rings is 1. The van der Waals surface area contributed by atoms with Gasteiger partial charge in [0.2, 0.25) is 0 Å². The van der Waals surface area contributed by atoms with Gasteiger partial charge in [-0.2, -0.15) is 13.2 Å². The van der Waals surface area contributed by atoms with Crippen molar-refractivity contribution in [3.8, 4) is 0 Å². The van der Waals surface area contributed by atoms with Crippen molar-refractivity contribution in [2.75, 3.05) is 0 Å². The lowest BCUT2D eigenvalue weighted by molar-refractivity contribution is -0.203. The lowest BCUT2D eigenvalue weighted by Crippen LogP contribution is -2.31. The van der Waals surface area contributed by atoms with Crippen molar-refractivity contribution in [2.45, 2.75) is 18.7 Å². The Morgan fingerprint density at radius 3 is 2.06 bits per heavy atom. The van der Waals surface area contributed by atoms with Gasteiger partial charge in [-0.1, -0.05) is 0 Å². The fourth-order valence-corrected chi connectivity index (χ4v) is 1.07. The van der Waals surface area contributed by atoms with E-state index in [-0.39, 0.29) is 0 Å². The molecule has 1 aromatic rings. The van der Waals surface area contributed by atoms with Crippen LogP contribution in [0.3, 0.4) is 0 Å². The summed E-state index contributed by atoms with van der Waals surface area (Å²) in [6, 6.07) is 0.949. The van der Waals surface area contributed by atoms with E-state index < -0.39 is 41.7 Å². The minimum Gasteiger partial charge on any atom is -0.383 e. The number of hydrogen-bond acceptors (Lipinski definition) is 1. The second-order valence-electron chi connectivity index (χ2n) is 3.08. The van der Waals surface area contributed by atoms with Gasteiger partial charge >= 0.3 is 6.18 Å². The molecule has 1 N–H and O–H groups in total. The Hall–Kier alpha value is -1.24. The van der Waals surface area contributed by atoms with Gasteiger partial charge in [0.15, 0.2) is 17.7 Å². The molecule has 0 heterocycles. The van der Waals surface area contributed by atoms with Gasteiger partial charge in [0.25, 0.3) is 0 Å². The molecular formula is C9H6F6O. The van der Waals surface area contributed by atoms with Crippen LogP contribution in [0.25, 0.3) is 0 Å². The lowest BCUT2D eigenvalue weighted by atomic mass is 10.1. The standard InChI is InChI=1S/C9H6F6O/c10-5-1-2-6(11)8(12)4(5)3-7(16)9(13,14)15/h1-2,7,16H,3H2. The zero-order valence-electron chi connectivity index (χ0n) is 7.65. The van der Waals surface area contributed by atoms with Crippen LogP contribution in [0.2, 0.25) is 0 Å². The predicted molar refractivity (Wildman–Crippen MR) is 42.1 cm³/mol. The summed E-state index contributed by atoms with van der Waals surface area (Å²) in [7, 11) is 0. The van der Waals surface area contributed by atoms with Crippen molar-refractivity contribution < 1.29 is 31.4 Å². The van der Waals surface area contributed by atoms with E-state index >= 15 is 0 Å². The second-order valence-corrected chi connectivity index (χ2v) is 3.08. The normalized spacial score (nSPS) is 13.9. The maximum Gasteiger partial charge on any atom is 0.414 e. The van der Waals surface area contributed by atoms with Crippen LogP contribution < -0.4 is 0 Å². The van der Waals surface area contributed by atoms with E-state index in [1.54, 1.807) is 0 Å². The Labute approximate surface area is 86.3 Å². The van der Waals surface area contributed by atoms with Crippen molar-refractivity contribution >= 4 is 0 Å². The molecule has 0 saturated heterocycles. The first-order valence-electron chi connectivity index (χ1n) is 4.10. The van der Waals surface area contributed by atoms with E-state index in [0.29, 0.717) is 12.1 Å². The van der Waals surface area contributed by atoms with Crippen LogP contribution in [0, 0.1) is 17.5 Å². The van der Waals surface area contributed by atoms with Crippen LogP contribution in [0.4, 0.5) is 26.3 Å². The lowest BCUT2D eigenvalue weighted by Gasteiger charge is -2.15. The average molecular weight is 244 g/mol. The predicted octanol–water partition coefficient (Wildman–Crippen LogP) is 2.57. The van der Waals surface area contributed by atoms with Gasteiger partial charge < -0.3 is 5.11 Å². The molecule has 90 valence electrons. The summed E-state index contributed by atoms with van der Waals surface area (Å²) in [5.74, 6) is -4.52. The third-order valence-electron chi connectivity index (χ3n) is 1.91. The van der Waals surface area contributed by atoms with E-state index in [9.17, 15) is 26.3 Å². The molecule has 0 bridgehead atoms. The van der Waals surface area contributed by atoms with Crippen LogP contribution in [-0.4, -0.2) is 17.4 Å². The van der Waals surface area contributed by atoms with E-state index in [4.69, 9.17) is 5.11 Å². The van der Waals surface area contributed by atoms with Crippen LogP contribution in [0.15, 0.2) is 12.1 Å². The first kappa shape index (κ1) is 12.8. The molecular weight excluding hydrogens is 238 g/mol. The van der Waals surface area contributed by atoms with Crippen molar-refractivity contribution in [3.05, 3.63) is 35.1 Å². The molecule has 1 atom stereocenters. The minimum atomic E-state index is -5.01. The first-order valence-corrected chi connectivity index (χ1v) is 4.10. The Balaban J connectivity index is 3.02. The summed E-state index contributed by atoms with van der Waals surface area (Å²) in [5.41, 5.74) is -1.12. The Morgan fingerprint density at radius 2 is 1.56 bits per heavy atom. The van der Waals surface area contributed by atoms with Crippen LogP contribution in [0.5, 0.6) is 0 Å². The number of halogens is 6. The van der Waals surface area contributed by atoms with Crippen LogP contribution >= 0.6 is 0 Å². The summed E-state index contributed by atoms with van der Waals surface area (Å²) in [6.07, 6.45) is -9.30. The third-order valence-corrected chi connectivity index (χ3v) is 1.91. The molecule has 0 aliphatic carbocycles.